The van der Waals surface area contributed by atoms with E-state index in [-0.39, 0.29) is 5.54 Å². The topological polar surface area (TPSA) is 61.7 Å². The Bertz CT molecular complexity index is 512. The van der Waals surface area contributed by atoms with Crippen molar-refractivity contribution in [1.29, 1.82) is 0 Å². The lowest BCUT2D eigenvalue weighted by Crippen LogP contribution is -2.24. The maximum absolute atomic E-state index is 5.93. The van der Waals surface area contributed by atoms with E-state index in [0.717, 1.165) is 16.9 Å². The molecule has 15 heavy (non-hydrogen) atoms. The highest BCUT2D eigenvalue weighted by Crippen LogP contribution is 2.27. The molecule has 0 fully saturated rings. The first-order chi connectivity index (χ1) is 6.82. The highest BCUT2D eigenvalue weighted by Gasteiger charge is 2.23. The molecule has 0 aliphatic heterocycles. The molecule has 0 amide bonds. The van der Waals surface area contributed by atoms with Gasteiger partial charge in [-0.25, -0.2) is 4.98 Å². The molecule has 0 aliphatic rings. The fourth-order valence-corrected chi connectivity index (χ4v) is 1.95. The molecule has 0 radical (unpaired) electrons. The minimum absolute atomic E-state index is 0.0843. The SMILES string of the molecule is Cc1nn(C)c2c1nc(N)n2C(C)(C)C. The van der Waals surface area contributed by atoms with Crippen molar-refractivity contribution in [2.75, 3.05) is 5.73 Å². The molecule has 0 saturated carbocycles. The van der Waals surface area contributed by atoms with Crippen molar-refractivity contribution in [3.8, 4) is 0 Å². The second kappa shape index (κ2) is 2.74. The van der Waals surface area contributed by atoms with Gasteiger partial charge in [0.1, 0.15) is 5.52 Å². The second-order valence-electron chi connectivity index (χ2n) is 4.86. The Labute approximate surface area is 88.9 Å². The molecular weight excluding hydrogens is 190 g/mol. The summed E-state index contributed by atoms with van der Waals surface area (Å²) in [6.07, 6.45) is 0. The average Bonchev–Trinajstić information content (AvgIpc) is 2.51. The third kappa shape index (κ3) is 1.30. The number of nitrogens with zero attached hydrogens (tertiary/aromatic N) is 4. The van der Waals surface area contributed by atoms with Crippen LogP contribution in [0, 0.1) is 6.92 Å². The van der Waals surface area contributed by atoms with Crippen LogP contribution in [-0.2, 0) is 12.6 Å². The summed E-state index contributed by atoms with van der Waals surface area (Å²) in [5, 5.41) is 4.34. The Morgan fingerprint density at radius 1 is 1.27 bits per heavy atom. The Morgan fingerprint density at radius 2 is 1.87 bits per heavy atom. The molecule has 0 unspecified atom stereocenters. The van der Waals surface area contributed by atoms with E-state index in [1.54, 1.807) is 0 Å². The summed E-state index contributed by atoms with van der Waals surface area (Å²) < 4.78 is 3.85. The van der Waals surface area contributed by atoms with Crippen molar-refractivity contribution in [1.82, 2.24) is 19.3 Å². The molecule has 2 N–H and O–H groups in total. The van der Waals surface area contributed by atoms with E-state index in [4.69, 9.17) is 5.73 Å². The van der Waals surface area contributed by atoms with E-state index in [0.29, 0.717) is 5.95 Å². The van der Waals surface area contributed by atoms with E-state index in [9.17, 15) is 0 Å². The van der Waals surface area contributed by atoms with E-state index < -0.39 is 0 Å². The van der Waals surface area contributed by atoms with Crippen LogP contribution in [0.1, 0.15) is 26.5 Å². The third-order valence-corrected chi connectivity index (χ3v) is 2.50. The van der Waals surface area contributed by atoms with Crippen LogP contribution in [0.15, 0.2) is 0 Å². The van der Waals surface area contributed by atoms with Gasteiger partial charge in [0.15, 0.2) is 5.65 Å². The van der Waals surface area contributed by atoms with Crippen molar-refractivity contribution in [2.24, 2.45) is 7.05 Å². The third-order valence-electron chi connectivity index (χ3n) is 2.50. The molecule has 0 aromatic carbocycles. The van der Waals surface area contributed by atoms with E-state index in [1.165, 1.54) is 0 Å². The van der Waals surface area contributed by atoms with Gasteiger partial charge in [-0.2, -0.15) is 5.10 Å². The summed E-state index contributed by atoms with van der Waals surface area (Å²) in [5.74, 6) is 0.550. The number of aromatic nitrogens is 4. The summed E-state index contributed by atoms with van der Waals surface area (Å²) in [6, 6.07) is 0. The number of nitrogens with two attached hydrogens (primary N) is 1. The number of anilines is 1. The molecule has 0 aliphatic carbocycles. The van der Waals surface area contributed by atoms with Gasteiger partial charge in [0.2, 0.25) is 5.95 Å². The summed E-state index contributed by atoms with van der Waals surface area (Å²) in [6.45, 7) is 8.26. The molecular formula is C10H17N5. The first-order valence-corrected chi connectivity index (χ1v) is 5.00. The van der Waals surface area contributed by atoms with Crippen molar-refractivity contribution < 1.29 is 0 Å². The van der Waals surface area contributed by atoms with Gasteiger partial charge in [0.25, 0.3) is 0 Å². The van der Waals surface area contributed by atoms with Crippen molar-refractivity contribution in [3.05, 3.63) is 5.69 Å². The zero-order chi connectivity index (χ0) is 11.4. The molecule has 2 rings (SSSR count). The molecule has 0 bridgehead atoms. The molecule has 0 spiro atoms. The molecule has 2 aromatic rings. The van der Waals surface area contributed by atoms with Gasteiger partial charge < -0.3 is 5.73 Å². The molecule has 2 aromatic heterocycles. The maximum atomic E-state index is 5.93. The fourth-order valence-electron chi connectivity index (χ4n) is 1.95. The van der Waals surface area contributed by atoms with Crippen LogP contribution in [-0.4, -0.2) is 19.3 Å². The number of rotatable bonds is 0. The summed E-state index contributed by atoms with van der Waals surface area (Å²) in [5.41, 5.74) is 8.64. The number of hydrogen-bond donors (Lipinski definition) is 1. The molecule has 2 heterocycles. The second-order valence-corrected chi connectivity index (χ2v) is 4.86. The highest BCUT2D eigenvalue weighted by atomic mass is 15.4. The Hall–Kier alpha value is -1.52. The van der Waals surface area contributed by atoms with Crippen LogP contribution in [0.25, 0.3) is 11.2 Å². The van der Waals surface area contributed by atoms with Gasteiger partial charge in [-0.05, 0) is 27.7 Å². The minimum Gasteiger partial charge on any atom is -0.369 e. The Morgan fingerprint density at radius 3 is 2.40 bits per heavy atom. The van der Waals surface area contributed by atoms with Gasteiger partial charge in [-0.1, -0.05) is 0 Å². The first-order valence-electron chi connectivity index (χ1n) is 5.00. The molecule has 0 saturated heterocycles. The maximum Gasteiger partial charge on any atom is 0.203 e. The minimum atomic E-state index is -0.0843. The summed E-state index contributed by atoms with van der Waals surface area (Å²) >= 11 is 0. The Kier molecular flexibility index (Phi) is 1.83. The zero-order valence-electron chi connectivity index (χ0n) is 9.87. The van der Waals surface area contributed by atoms with Crippen LogP contribution in [0.4, 0.5) is 5.95 Å². The number of fused-ring (bicyclic) bond motifs is 1. The zero-order valence-corrected chi connectivity index (χ0v) is 9.87. The van der Waals surface area contributed by atoms with Crippen molar-refractivity contribution in [2.45, 2.75) is 33.2 Å². The van der Waals surface area contributed by atoms with Gasteiger partial charge in [0, 0.05) is 12.6 Å². The lowest BCUT2D eigenvalue weighted by Gasteiger charge is -2.22. The molecule has 5 heteroatoms. The van der Waals surface area contributed by atoms with Crippen LogP contribution in [0.5, 0.6) is 0 Å². The number of imidazole rings is 1. The van der Waals surface area contributed by atoms with Gasteiger partial charge >= 0.3 is 0 Å². The number of nitrogen functional groups attached to an aromatic ring is 1. The highest BCUT2D eigenvalue weighted by molar-refractivity contribution is 5.77. The molecule has 0 atom stereocenters. The first kappa shape index (κ1) is 10.0. The lowest BCUT2D eigenvalue weighted by atomic mass is 10.1. The van der Waals surface area contributed by atoms with Crippen LogP contribution in [0.3, 0.4) is 0 Å². The summed E-state index contributed by atoms with van der Waals surface area (Å²) in [7, 11) is 1.92. The number of hydrogen-bond acceptors (Lipinski definition) is 3. The van der Waals surface area contributed by atoms with Gasteiger partial charge in [-0.3, -0.25) is 9.25 Å². The summed E-state index contributed by atoms with van der Waals surface area (Å²) in [4.78, 5) is 4.36. The predicted molar refractivity (Wildman–Crippen MR) is 60.6 cm³/mol. The van der Waals surface area contributed by atoms with Gasteiger partial charge in [0.05, 0.1) is 5.69 Å². The lowest BCUT2D eigenvalue weighted by molar-refractivity contribution is 0.407. The Balaban J connectivity index is 2.89. The van der Waals surface area contributed by atoms with E-state index in [2.05, 4.69) is 30.9 Å². The van der Waals surface area contributed by atoms with E-state index in [1.807, 2.05) is 23.2 Å². The standard InChI is InChI=1S/C10H17N5/c1-6-7-8(14(5)13-6)15(9(11)12-7)10(2,3)4/h1-5H3,(H2,11,12). The van der Waals surface area contributed by atoms with Crippen LogP contribution < -0.4 is 5.73 Å². The van der Waals surface area contributed by atoms with Crippen molar-refractivity contribution in [3.63, 3.8) is 0 Å². The van der Waals surface area contributed by atoms with E-state index >= 15 is 0 Å². The predicted octanol–water partition coefficient (Wildman–Crippen LogP) is 1.42. The van der Waals surface area contributed by atoms with Crippen LogP contribution >= 0.6 is 0 Å². The van der Waals surface area contributed by atoms with Gasteiger partial charge in [-0.15, -0.1) is 0 Å². The van der Waals surface area contributed by atoms with Crippen LogP contribution in [0.2, 0.25) is 0 Å². The number of aryl methyl sites for hydroxylation is 2. The monoisotopic (exact) mass is 207 g/mol. The largest absolute Gasteiger partial charge is 0.369 e. The smallest absolute Gasteiger partial charge is 0.203 e. The molecule has 82 valence electrons. The molecule has 5 nitrogen and oxygen atoms in total. The quantitative estimate of drug-likeness (QED) is 0.710. The van der Waals surface area contributed by atoms with Crippen molar-refractivity contribution >= 4 is 17.1 Å². The average molecular weight is 207 g/mol. The normalized spacial score (nSPS) is 12.6. The fraction of sp³-hybridized carbons (Fsp3) is 0.600.